The molecule has 1 saturated carbocycles. The Morgan fingerprint density at radius 2 is 1.93 bits per heavy atom. The van der Waals surface area contributed by atoms with Gasteiger partial charge in [-0.1, -0.05) is 18.2 Å². The van der Waals surface area contributed by atoms with E-state index in [1.54, 1.807) is 6.07 Å². The van der Waals surface area contributed by atoms with Crippen molar-refractivity contribution in [3.63, 3.8) is 0 Å². The third kappa shape index (κ3) is 3.83. The maximum Gasteiger partial charge on any atom is 0.251 e. The van der Waals surface area contributed by atoms with E-state index < -0.39 is 10.0 Å². The van der Waals surface area contributed by atoms with Gasteiger partial charge in [0.1, 0.15) is 16.4 Å². The largest absolute Gasteiger partial charge is 0.495 e. The lowest BCUT2D eigenvalue weighted by molar-refractivity contribution is 0.0924. The van der Waals surface area contributed by atoms with Crippen molar-refractivity contribution in [2.75, 3.05) is 13.7 Å². The summed E-state index contributed by atoms with van der Waals surface area (Å²) in [5, 5.41) is 2.99. The van der Waals surface area contributed by atoms with E-state index in [4.69, 9.17) is 9.47 Å². The fourth-order valence-electron chi connectivity index (χ4n) is 3.25. The summed E-state index contributed by atoms with van der Waals surface area (Å²) in [5.41, 5.74) is 1.18. The average Bonchev–Trinajstić information content (AvgIpc) is 3.51. The number of hydrogen-bond acceptors (Lipinski definition) is 5. The zero-order valence-corrected chi connectivity index (χ0v) is 16.3. The standard InChI is InChI=1S/C20H22N2O5S/c1-26-18-9-6-13(12-19(18)28(24,25)22-14-7-8-14)20(23)21-16-10-11-27-17-5-3-2-4-15(16)17/h2-6,9,12,14,16,22H,7-8,10-11H2,1H3,(H,21,23)/t16-/m1/s1. The van der Waals surface area contributed by atoms with Gasteiger partial charge in [-0.25, -0.2) is 13.1 Å². The fourth-order valence-corrected chi connectivity index (χ4v) is 4.75. The molecule has 0 aromatic heterocycles. The summed E-state index contributed by atoms with van der Waals surface area (Å²) >= 11 is 0. The van der Waals surface area contributed by atoms with Crippen molar-refractivity contribution in [3.8, 4) is 11.5 Å². The number of amides is 1. The Morgan fingerprint density at radius 1 is 1.14 bits per heavy atom. The van der Waals surface area contributed by atoms with Crippen LogP contribution in [0.25, 0.3) is 0 Å². The van der Waals surface area contributed by atoms with Gasteiger partial charge in [-0.05, 0) is 37.1 Å². The van der Waals surface area contributed by atoms with Crippen molar-refractivity contribution in [3.05, 3.63) is 53.6 Å². The quantitative estimate of drug-likeness (QED) is 0.774. The molecule has 7 nitrogen and oxygen atoms in total. The van der Waals surface area contributed by atoms with Gasteiger partial charge in [0, 0.05) is 23.6 Å². The van der Waals surface area contributed by atoms with Gasteiger partial charge >= 0.3 is 0 Å². The minimum Gasteiger partial charge on any atom is -0.495 e. The van der Waals surface area contributed by atoms with Crippen LogP contribution in [-0.4, -0.2) is 34.1 Å². The summed E-state index contributed by atoms with van der Waals surface area (Å²) in [6.07, 6.45) is 2.29. The van der Waals surface area contributed by atoms with Crippen molar-refractivity contribution in [1.82, 2.24) is 10.0 Å². The first-order valence-corrected chi connectivity index (χ1v) is 10.7. The van der Waals surface area contributed by atoms with Gasteiger partial charge in [0.15, 0.2) is 0 Å². The molecule has 0 spiro atoms. The van der Waals surface area contributed by atoms with Crippen molar-refractivity contribution in [2.45, 2.75) is 36.2 Å². The van der Waals surface area contributed by atoms with Crippen molar-refractivity contribution >= 4 is 15.9 Å². The maximum absolute atomic E-state index is 12.8. The van der Waals surface area contributed by atoms with Gasteiger partial charge in [0.2, 0.25) is 10.0 Å². The van der Waals surface area contributed by atoms with E-state index in [1.165, 1.54) is 19.2 Å². The van der Waals surface area contributed by atoms with Crippen LogP contribution in [0.1, 0.15) is 41.2 Å². The Balaban J connectivity index is 1.59. The van der Waals surface area contributed by atoms with E-state index in [0.717, 1.165) is 24.2 Å². The second-order valence-corrected chi connectivity index (χ2v) is 8.64. The molecule has 4 rings (SSSR count). The van der Waals surface area contributed by atoms with Crippen LogP contribution in [0.5, 0.6) is 11.5 Å². The lowest BCUT2D eigenvalue weighted by Gasteiger charge is -2.26. The number of hydrogen-bond donors (Lipinski definition) is 2. The molecule has 1 aliphatic heterocycles. The molecule has 148 valence electrons. The number of nitrogens with one attached hydrogen (secondary N) is 2. The van der Waals surface area contributed by atoms with Crippen LogP contribution in [-0.2, 0) is 10.0 Å². The highest BCUT2D eigenvalue weighted by Crippen LogP contribution is 2.32. The zero-order chi connectivity index (χ0) is 19.7. The molecule has 2 aromatic carbocycles. The number of para-hydroxylation sites is 1. The third-order valence-electron chi connectivity index (χ3n) is 4.88. The molecular weight excluding hydrogens is 380 g/mol. The molecule has 8 heteroatoms. The normalized spacial score (nSPS) is 18.7. The number of sulfonamides is 1. The van der Waals surface area contributed by atoms with Crippen LogP contribution in [0.3, 0.4) is 0 Å². The van der Waals surface area contributed by atoms with Gasteiger partial charge in [0.05, 0.1) is 19.8 Å². The van der Waals surface area contributed by atoms with E-state index in [-0.39, 0.29) is 34.2 Å². The van der Waals surface area contributed by atoms with E-state index in [0.29, 0.717) is 13.0 Å². The minimum absolute atomic E-state index is 0.0260. The van der Waals surface area contributed by atoms with Crippen molar-refractivity contribution in [2.24, 2.45) is 0 Å². The molecule has 1 aliphatic carbocycles. The van der Waals surface area contributed by atoms with E-state index in [9.17, 15) is 13.2 Å². The van der Waals surface area contributed by atoms with Crippen molar-refractivity contribution < 1.29 is 22.7 Å². The summed E-state index contributed by atoms with van der Waals surface area (Å²) < 4.78 is 38.7. The SMILES string of the molecule is COc1ccc(C(=O)N[C@@H]2CCOc3ccccc32)cc1S(=O)(=O)NC1CC1. The number of rotatable bonds is 6. The Morgan fingerprint density at radius 3 is 2.68 bits per heavy atom. The molecule has 0 radical (unpaired) electrons. The first-order valence-electron chi connectivity index (χ1n) is 9.21. The van der Waals surface area contributed by atoms with Gasteiger partial charge in [-0.15, -0.1) is 0 Å². The highest BCUT2D eigenvalue weighted by molar-refractivity contribution is 7.89. The summed E-state index contributed by atoms with van der Waals surface area (Å²) in [6.45, 7) is 0.509. The van der Waals surface area contributed by atoms with Crippen LogP contribution < -0.4 is 19.5 Å². The smallest absolute Gasteiger partial charge is 0.251 e. The van der Waals surface area contributed by atoms with Gasteiger partial charge < -0.3 is 14.8 Å². The van der Waals surface area contributed by atoms with Crippen LogP contribution in [0, 0.1) is 0 Å². The number of carbonyl (C=O) groups excluding carboxylic acids is 1. The zero-order valence-electron chi connectivity index (χ0n) is 15.5. The monoisotopic (exact) mass is 402 g/mol. The second kappa shape index (κ2) is 7.44. The molecule has 0 saturated heterocycles. The number of benzene rings is 2. The van der Waals surface area contributed by atoms with E-state index >= 15 is 0 Å². The Hall–Kier alpha value is -2.58. The summed E-state index contributed by atoms with van der Waals surface area (Å²) in [4.78, 5) is 12.8. The van der Waals surface area contributed by atoms with Crippen LogP contribution in [0.2, 0.25) is 0 Å². The number of ether oxygens (including phenoxy) is 2. The number of fused-ring (bicyclic) bond motifs is 1. The first-order chi connectivity index (χ1) is 13.5. The average molecular weight is 402 g/mol. The van der Waals surface area contributed by atoms with E-state index in [2.05, 4.69) is 10.0 Å². The maximum atomic E-state index is 12.8. The highest BCUT2D eigenvalue weighted by atomic mass is 32.2. The molecule has 0 bridgehead atoms. The topological polar surface area (TPSA) is 93.7 Å². The molecule has 1 atom stereocenters. The van der Waals surface area contributed by atoms with Crippen molar-refractivity contribution in [1.29, 1.82) is 0 Å². The third-order valence-corrected chi connectivity index (χ3v) is 6.42. The lowest BCUT2D eigenvalue weighted by Crippen LogP contribution is -2.32. The Kier molecular flexibility index (Phi) is 4.99. The predicted molar refractivity (Wildman–Crippen MR) is 103 cm³/mol. The molecule has 1 amide bonds. The molecule has 2 N–H and O–H groups in total. The fraction of sp³-hybridized carbons (Fsp3) is 0.350. The van der Waals surface area contributed by atoms with Crippen LogP contribution in [0.15, 0.2) is 47.4 Å². The molecule has 28 heavy (non-hydrogen) atoms. The van der Waals surface area contributed by atoms with Crippen LogP contribution >= 0.6 is 0 Å². The molecule has 2 aromatic rings. The molecule has 2 aliphatic rings. The summed E-state index contributed by atoms with van der Waals surface area (Å²) in [6, 6.07) is 11.8. The Labute approximate surface area is 164 Å². The van der Waals surface area contributed by atoms with Gasteiger partial charge in [-0.2, -0.15) is 0 Å². The molecule has 1 fully saturated rings. The highest BCUT2D eigenvalue weighted by Gasteiger charge is 2.31. The van der Waals surface area contributed by atoms with E-state index in [1.807, 2.05) is 24.3 Å². The molecule has 0 unspecified atom stereocenters. The minimum atomic E-state index is -3.75. The summed E-state index contributed by atoms with van der Waals surface area (Å²) in [7, 11) is -2.35. The summed E-state index contributed by atoms with van der Waals surface area (Å²) in [5.74, 6) is 0.624. The number of carbonyl (C=O) groups is 1. The molecular formula is C20H22N2O5S. The predicted octanol–water partition coefficient (Wildman–Crippen LogP) is 2.39. The first kappa shape index (κ1) is 18.8. The lowest BCUT2D eigenvalue weighted by atomic mass is 10.00. The molecule has 1 heterocycles. The van der Waals surface area contributed by atoms with Gasteiger partial charge in [-0.3, -0.25) is 4.79 Å². The number of methoxy groups -OCH3 is 1. The Bertz CT molecular complexity index is 1000. The second-order valence-electron chi connectivity index (χ2n) is 6.96. The van der Waals surface area contributed by atoms with Gasteiger partial charge in [0.25, 0.3) is 5.91 Å². The van der Waals surface area contributed by atoms with Crippen LogP contribution in [0.4, 0.5) is 0 Å².